The van der Waals surface area contributed by atoms with Crippen molar-refractivity contribution in [2.24, 2.45) is 0 Å². The van der Waals surface area contributed by atoms with Gasteiger partial charge in [0.25, 0.3) is 0 Å². The van der Waals surface area contributed by atoms with Crippen molar-refractivity contribution in [1.82, 2.24) is 15.3 Å². The molecule has 0 spiro atoms. The second-order valence-electron chi connectivity index (χ2n) is 4.59. The van der Waals surface area contributed by atoms with Crippen LogP contribution in [0.2, 0.25) is 0 Å². The van der Waals surface area contributed by atoms with Crippen molar-refractivity contribution >= 4 is 0 Å². The van der Waals surface area contributed by atoms with Crippen LogP contribution in [0.5, 0.6) is 0 Å². The monoisotopic (exact) mass is 227 g/mol. The van der Waals surface area contributed by atoms with Crippen molar-refractivity contribution in [2.45, 2.75) is 18.8 Å². The highest BCUT2D eigenvalue weighted by atomic mass is 15.0. The number of benzene rings is 1. The highest BCUT2D eigenvalue weighted by molar-refractivity contribution is 5.58. The van der Waals surface area contributed by atoms with E-state index in [4.69, 9.17) is 0 Å². The van der Waals surface area contributed by atoms with Crippen molar-refractivity contribution in [1.29, 1.82) is 0 Å². The molecule has 0 radical (unpaired) electrons. The molecule has 1 aliphatic rings. The lowest BCUT2D eigenvalue weighted by Crippen LogP contribution is -2.28. The maximum absolute atomic E-state index is 4.52. The summed E-state index contributed by atoms with van der Waals surface area (Å²) >= 11 is 0. The second kappa shape index (κ2) is 4.72. The van der Waals surface area contributed by atoms with Gasteiger partial charge in [0.15, 0.2) is 0 Å². The number of aromatic nitrogens is 2. The smallest absolute Gasteiger partial charge is 0.110 e. The molecule has 0 amide bonds. The van der Waals surface area contributed by atoms with Crippen LogP contribution in [0.1, 0.15) is 24.6 Å². The minimum Gasteiger partial charge on any atom is -0.342 e. The van der Waals surface area contributed by atoms with Gasteiger partial charge in [-0.2, -0.15) is 0 Å². The van der Waals surface area contributed by atoms with Crippen LogP contribution >= 0.6 is 0 Å². The van der Waals surface area contributed by atoms with Crippen molar-refractivity contribution in [3.05, 3.63) is 42.4 Å². The number of H-pyrrole nitrogens is 1. The Morgan fingerprint density at radius 1 is 1.18 bits per heavy atom. The number of imidazole rings is 1. The Kier molecular flexibility index (Phi) is 2.92. The third kappa shape index (κ3) is 2.24. The fourth-order valence-corrected chi connectivity index (χ4v) is 2.39. The third-order valence-corrected chi connectivity index (χ3v) is 3.36. The number of hydrogen-bond donors (Lipinski definition) is 2. The van der Waals surface area contributed by atoms with E-state index < -0.39 is 0 Å². The van der Waals surface area contributed by atoms with E-state index in [2.05, 4.69) is 39.6 Å². The van der Waals surface area contributed by atoms with Crippen LogP contribution < -0.4 is 5.32 Å². The first-order chi connectivity index (χ1) is 8.43. The standard InChI is InChI=1S/C14H17N3/c1-2-5-11(6-3-1)13-10-16-14(17-13)12-7-4-8-15-9-12/h1-3,5-6,10,12,15H,4,7-9H2,(H,16,17). The number of nitrogens with zero attached hydrogens (tertiary/aromatic N) is 1. The molecule has 0 aliphatic carbocycles. The molecule has 2 heterocycles. The topological polar surface area (TPSA) is 40.7 Å². The first-order valence-electron chi connectivity index (χ1n) is 6.24. The summed E-state index contributed by atoms with van der Waals surface area (Å²) in [6.45, 7) is 2.19. The summed E-state index contributed by atoms with van der Waals surface area (Å²) in [6, 6.07) is 10.4. The maximum Gasteiger partial charge on any atom is 0.110 e. The Morgan fingerprint density at radius 2 is 2.06 bits per heavy atom. The van der Waals surface area contributed by atoms with Gasteiger partial charge in [-0.25, -0.2) is 4.98 Å². The first kappa shape index (κ1) is 10.5. The Bertz CT molecular complexity index is 469. The third-order valence-electron chi connectivity index (χ3n) is 3.36. The van der Waals surface area contributed by atoms with E-state index in [1.54, 1.807) is 0 Å². The van der Waals surface area contributed by atoms with E-state index in [0.717, 1.165) is 24.6 Å². The molecule has 0 bridgehead atoms. The Morgan fingerprint density at radius 3 is 2.82 bits per heavy atom. The number of nitrogens with one attached hydrogen (secondary N) is 2. The van der Waals surface area contributed by atoms with Gasteiger partial charge in [-0.15, -0.1) is 0 Å². The van der Waals surface area contributed by atoms with E-state index in [-0.39, 0.29) is 0 Å². The van der Waals surface area contributed by atoms with Gasteiger partial charge in [0.05, 0.1) is 11.9 Å². The molecule has 1 fully saturated rings. The van der Waals surface area contributed by atoms with E-state index in [0.29, 0.717) is 5.92 Å². The molecule has 88 valence electrons. The summed E-state index contributed by atoms with van der Waals surface area (Å²) in [4.78, 5) is 7.97. The van der Waals surface area contributed by atoms with Gasteiger partial charge >= 0.3 is 0 Å². The summed E-state index contributed by atoms with van der Waals surface area (Å²) < 4.78 is 0. The van der Waals surface area contributed by atoms with Crippen LogP contribution in [-0.4, -0.2) is 23.1 Å². The summed E-state index contributed by atoms with van der Waals surface area (Å²) in [5.41, 5.74) is 2.32. The van der Waals surface area contributed by atoms with Crippen LogP contribution in [0.25, 0.3) is 11.3 Å². The zero-order valence-corrected chi connectivity index (χ0v) is 9.82. The number of aromatic amines is 1. The fourth-order valence-electron chi connectivity index (χ4n) is 2.39. The molecule has 0 saturated carbocycles. The lowest BCUT2D eigenvalue weighted by molar-refractivity contribution is 0.449. The lowest BCUT2D eigenvalue weighted by atomic mass is 9.99. The molecule has 1 unspecified atom stereocenters. The number of rotatable bonds is 2. The van der Waals surface area contributed by atoms with Crippen molar-refractivity contribution in [2.75, 3.05) is 13.1 Å². The van der Waals surface area contributed by atoms with Crippen LogP contribution in [0.3, 0.4) is 0 Å². The Hall–Kier alpha value is -1.61. The van der Waals surface area contributed by atoms with E-state index >= 15 is 0 Å². The van der Waals surface area contributed by atoms with Crippen molar-refractivity contribution in [3.63, 3.8) is 0 Å². The van der Waals surface area contributed by atoms with Gasteiger partial charge in [-0.1, -0.05) is 30.3 Å². The molecule has 17 heavy (non-hydrogen) atoms. The summed E-state index contributed by atoms with van der Waals surface area (Å²) in [5.74, 6) is 1.66. The largest absolute Gasteiger partial charge is 0.342 e. The van der Waals surface area contributed by atoms with Crippen LogP contribution in [0.4, 0.5) is 0 Å². The highest BCUT2D eigenvalue weighted by Crippen LogP contribution is 2.23. The normalized spacial score (nSPS) is 20.4. The van der Waals surface area contributed by atoms with Crippen molar-refractivity contribution in [3.8, 4) is 11.3 Å². The molecule has 1 atom stereocenters. The Balaban J connectivity index is 1.83. The average Bonchev–Trinajstić information content (AvgIpc) is 2.90. The highest BCUT2D eigenvalue weighted by Gasteiger charge is 2.18. The van der Waals surface area contributed by atoms with Crippen LogP contribution in [0, 0.1) is 0 Å². The average molecular weight is 227 g/mol. The predicted molar refractivity (Wildman–Crippen MR) is 68.9 cm³/mol. The molecule has 1 aromatic heterocycles. The quantitative estimate of drug-likeness (QED) is 0.827. The molecular weight excluding hydrogens is 210 g/mol. The molecule has 2 aromatic rings. The molecule has 1 aliphatic heterocycles. The van der Waals surface area contributed by atoms with Gasteiger partial charge in [0, 0.05) is 12.5 Å². The molecule has 3 nitrogen and oxygen atoms in total. The minimum absolute atomic E-state index is 0.543. The van der Waals surface area contributed by atoms with Gasteiger partial charge < -0.3 is 10.3 Å². The molecular formula is C14H17N3. The zero-order chi connectivity index (χ0) is 11.5. The predicted octanol–water partition coefficient (Wildman–Crippen LogP) is 2.54. The SMILES string of the molecule is c1ccc(-c2cnc(C3CCCNC3)[nH]2)cc1. The zero-order valence-electron chi connectivity index (χ0n) is 9.82. The maximum atomic E-state index is 4.52. The molecule has 3 rings (SSSR count). The molecule has 1 saturated heterocycles. The first-order valence-corrected chi connectivity index (χ1v) is 6.24. The van der Waals surface area contributed by atoms with Gasteiger partial charge in [0.1, 0.15) is 5.82 Å². The molecule has 2 N–H and O–H groups in total. The van der Waals surface area contributed by atoms with Gasteiger partial charge in [-0.3, -0.25) is 0 Å². The second-order valence-corrected chi connectivity index (χ2v) is 4.59. The minimum atomic E-state index is 0.543. The summed E-state index contributed by atoms with van der Waals surface area (Å²) in [5, 5.41) is 3.42. The molecule has 3 heteroatoms. The van der Waals surface area contributed by atoms with Gasteiger partial charge in [0.2, 0.25) is 0 Å². The van der Waals surface area contributed by atoms with Gasteiger partial charge in [-0.05, 0) is 24.9 Å². The lowest BCUT2D eigenvalue weighted by Gasteiger charge is -2.20. The van der Waals surface area contributed by atoms with Crippen LogP contribution in [0.15, 0.2) is 36.5 Å². The Labute approximate surface area is 101 Å². The number of hydrogen-bond acceptors (Lipinski definition) is 2. The summed E-state index contributed by atoms with van der Waals surface area (Å²) in [7, 11) is 0. The van der Waals surface area contributed by atoms with E-state index in [9.17, 15) is 0 Å². The fraction of sp³-hybridized carbons (Fsp3) is 0.357. The van der Waals surface area contributed by atoms with Crippen LogP contribution in [-0.2, 0) is 0 Å². The molecule has 1 aromatic carbocycles. The number of piperidine rings is 1. The van der Waals surface area contributed by atoms with E-state index in [1.165, 1.54) is 18.4 Å². The van der Waals surface area contributed by atoms with E-state index in [1.807, 2.05) is 12.3 Å². The van der Waals surface area contributed by atoms with Crippen molar-refractivity contribution < 1.29 is 0 Å². The summed E-state index contributed by atoms with van der Waals surface area (Å²) in [6.07, 6.45) is 4.42.